The van der Waals surface area contributed by atoms with Crippen molar-refractivity contribution in [3.05, 3.63) is 33.9 Å². The molecule has 1 saturated heterocycles. The van der Waals surface area contributed by atoms with E-state index in [4.69, 9.17) is 5.11 Å². The third-order valence-electron chi connectivity index (χ3n) is 3.39. The van der Waals surface area contributed by atoms with E-state index in [9.17, 15) is 14.9 Å². The fraction of sp³-hybridized carbons (Fsp3) is 0.462. The van der Waals surface area contributed by atoms with Gasteiger partial charge in [0.2, 0.25) is 0 Å². The number of benzene rings is 1. The van der Waals surface area contributed by atoms with Crippen LogP contribution in [0.1, 0.15) is 10.4 Å². The van der Waals surface area contributed by atoms with Gasteiger partial charge in [-0.05, 0) is 12.1 Å². The standard InChI is InChI=1S/C13H18N4O4/c18-13(19)10-1-2-11(12(9-10)17(20)21)15-5-8-16-6-3-14-4-7-16/h1-2,9,14-15H,3-8H2,(H,18,19). The van der Waals surface area contributed by atoms with Crippen molar-refractivity contribution in [2.75, 3.05) is 44.6 Å². The second kappa shape index (κ2) is 7.00. The van der Waals surface area contributed by atoms with Gasteiger partial charge in [0.25, 0.3) is 5.69 Å². The molecule has 1 aromatic carbocycles. The fourth-order valence-electron chi connectivity index (χ4n) is 2.25. The van der Waals surface area contributed by atoms with Crippen LogP contribution in [0, 0.1) is 10.1 Å². The lowest BCUT2D eigenvalue weighted by Gasteiger charge is -2.27. The van der Waals surface area contributed by atoms with E-state index in [-0.39, 0.29) is 11.3 Å². The van der Waals surface area contributed by atoms with Crippen molar-refractivity contribution in [3.8, 4) is 0 Å². The minimum Gasteiger partial charge on any atom is -0.478 e. The lowest BCUT2D eigenvalue weighted by Crippen LogP contribution is -2.45. The van der Waals surface area contributed by atoms with Crippen LogP contribution in [-0.4, -0.2) is 60.2 Å². The number of nitrogens with one attached hydrogen (secondary N) is 2. The van der Waals surface area contributed by atoms with Gasteiger partial charge in [0.15, 0.2) is 0 Å². The van der Waals surface area contributed by atoms with Gasteiger partial charge >= 0.3 is 5.97 Å². The average molecular weight is 294 g/mol. The predicted octanol–water partition coefficient (Wildman–Crippen LogP) is 0.610. The number of carbonyl (C=O) groups is 1. The van der Waals surface area contributed by atoms with Crippen LogP contribution in [0.25, 0.3) is 0 Å². The molecule has 0 saturated carbocycles. The minimum absolute atomic E-state index is 0.0886. The summed E-state index contributed by atoms with van der Waals surface area (Å²) in [4.78, 5) is 23.6. The average Bonchev–Trinajstić information content (AvgIpc) is 2.48. The second-order valence-corrected chi connectivity index (χ2v) is 4.81. The third-order valence-corrected chi connectivity index (χ3v) is 3.39. The predicted molar refractivity (Wildman–Crippen MR) is 77.9 cm³/mol. The largest absolute Gasteiger partial charge is 0.478 e. The molecule has 0 bridgehead atoms. The Kier molecular flexibility index (Phi) is 5.07. The number of carboxylic acid groups (broad SMARTS) is 1. The Morgan fingerprint density at radius 2 is 2.14 bits per heavy atom. The van der Waals surface area contributed by atoms with Gasteiger partial charge in [-0.25, -0.2) is 4.79 Å². The highest BCUT2D eigenvalue weighted by Crippen LogP contribution is 2.25. The SMILES string of the molecule is O=C(O)c1ccc(NCCN2CCNCC2)c([N+](=O)[O-])c1. The number of nitrogens with zero attached hydrogens (tertiary/aromatic N) is 2. The molecule has 0 aliphatic carbocycles. The monoisotopic (exact) mass is 294 g/mol. The van der Waals surface area contributed by atoms with E-state index >= 15 is 0 Å². The summed E-state index contributed by atoms with van der Waals surface area (Å²) in [5.41, 5.74) is 0.0460. The summed E-state index contributed by atoms with van der Waals surface area (Å²) in [5, 5.41) is 26.2. The van der Waals surface area contributed by atoms with Crippen molar-refractivity contribution in [1.82, 2.24) is 10.2 Å². The highest BCUT2D eigenvalue weighted by atomic mass is 16.6. The number of anilines is 1. The quantitative estimate of drug-likeness (QED) is 0.521. The molecule has 0 unspecified atom stereocenters. The summed E-state index contributed by atoms with van der Waals surface area (Å²) in [6, 6.07) is 3.89. The van der Waals surface area contributed by atoms with E-state index in [0.29, 0.717) is 12.2 Å². The van der Waals surface area contributed by atoms with E-state index in [2.05, 4.69) is 15.5 Å². The molecule has 0 spiro atoms. The maximum absolute atomic E-state index is 11.0. The van der Waals surface area contributed by atoms with Crippen LogP contribution in [-0.2, 0) is 0 Å². The number of hydrogen-bond acceptors (Lipinski definition) is 6. The van der Waals surface area contributed by atoms with Crippen LogP contribution in [0.3, 0.4) is 0 Å². The Morgan fingerprint density at radius 1 is 1.43 bits per heavy atom. The summed E-state index contributed by atoms with van der Waals surface area (Å²) in [6.45, 7) is 5.19. The van der Waals surface area contributed by atoms with E-state index in [1.165, 1.54) is 12.1 Å². The Bertz CT molecular complexity index is 529. The number of nitro groups is 1. The maximum Gasteiger partial charge on any atom is 0.335 e. The number of nitro benzene ring substituents is 1. The lowest BCUT2D eigenvalue weighted by molar-refractivity contribution is -0.384. The molecule has 1 aliphatic heterocycles. The normalized spacial score (nSPS) is 15.6. The Hall–Kier alpha value is -2.19. The Balaban J connectivity index is 1.98. The van der Waals surface area contributed by atoms with E-state index in [1.807, 2.05) is 0 Å². The number of rotatable bonds is 6. The molecule has 0 amide bonds. The molecular formula is C13H18N4O4. The van der Waals surface area contributed by atoms with Gasteiger partial charge in [-0.15, -0.1) is 0 Å². The highest BCUT2D eigenvalue weighted by molar-refractivity contribution is 5.89. The molecule has 0 atom stereocenters. The van der Waals surface area contributed by atoms with Gasteiger partial charge in [0, 0.05) is 45.3 Å². The van der Waals surface area contributed by atoms with Gasteiger partial charge in [-0.2, -0.15) is 0 Å². The molecule has 1 heterocycles. The van der Waals surface area contributed by atoms with Crippen molar-refractivity contribution in [2.24, 2.45) is 0 Å². The molecule has 2 rings (SSSR count). The first-order valence-corrected chi connectivity index (χ1v) is 6.76. The summed E-state index contributed by atoms with van der Waals surface area (Å²) >= 11 is 0. The molecule has 0 radical (unpaired) electrons. The van der Waals surface area contributed by atoms with Crippen LogP contribution < -0.4 is 10.6 Å². The zero-order valence-electron chi connectivity index (χ0n) is 11.5. The van der Waals surface area contributed by atoms with Crippen molar-refractivity contribution in [2.45, 2.75) is 0 Å². The summed E-state index contributed by atoms with van der Waals surface area (Å²) in [7, 11) is 0. The van der Waals surface area contributed by atoms with Crippen molar-refractivity contribution in [3.63, 3.8) is 0 Å². The minimum atomic E-state index is -1.18. The van der Waals surface area contributed by atoms with Crippen LogP contribution >= 0.6 is 0 Å². The summed E-state index contributed by atoms with van der Waals surface area (Å²) in [5.74, 6) is -1.18. The van der Waals surface area contributed by atoms with Crippen LogP contribution in [0.4, 0.5) is 11.4 Å². The molecule has 114 valence electrons. The van der Waals surface area contributed by atoms with Gasteiger partial charge < -0.3 is 15.7 Å². The zero-order chi connectivity index (χ0) is 15.2. The third kappa shape index (κ3) is 4.14. The molecule has 3 N–H and O–H groups in total. The van der Waals surface area contributed by atoms with Crippen molar-refractivity contribution >= 4 is 17.3 Å². The van der Waals surface area contributed by atoms with Crippen molar-refractivity contribution < 1.29 is 14.8 Å². The van der Waals surface area contributed by atoms with Crippen LogP contribution in [0.5, 0.6) is 0 Å². The molecule has 1 aliphatic rings. The smallest absolute Gasteiger partial charge is 0.335 e. The van der Waals surface area contributed by atoms with Gasteiger partial charge in [0.05, 0.1) is 10.5 Å². The lowest BCUT2D eigenvalue weighted by atomic mass is 10.1. The van der Waals surface area contributed by atoms with Crippen LogP contribution in [0.15, 0.2) is 18.2 Å². The first-order chi connectivity index (χ1) is 10.1. The molecule has 0 aromatic heterocycles. The van der Waals surface area contributed by atoms with Gasteiger partial charge in [-0.3, -0.25) is 15.0 Å². The van der Waals surface area contributed by atoms with Gasteiger partial charge in [-0.1, -0.05) is 0 Å². The van der Waals surface area contributed by atoms with E-state index in [1.54, 1.807) is 0 Å². The highest BCUT2D eigenvalue weighted by Gasteiger charge is 2.17. The first-order valence-electron chi connectivity index (χ1n) is 6.76. The number of carboxylic acids is 1. The second-order valence-electron chi connectivity index (χ2n) is 4.81. The summed E-state index contributed by atoms with van der Waals surface area (Å²) < 4.78 is 0. The van der Waals surface area contributed by atoms with Gasteiger partial charge in [0.1, 0.15) is 5.69 Å². The fourth-order valence-corrected chi connectivity index (χ4v) is 2.25. The number of piperazine rings is 1. The zero-order valence-corrected chi connectivity index (χ0v) is 11.5. The Labute approximate surface area is 121 Å². The van der Waals surface area contributed by atoms with Crippen LogP contribution in [0.2, 0.25) is 0 Å². The Morgan fingerprint density at radius 3 is 2.76 bits per heavy atom. The molecular weight excluding hydrogens is 276 g/mol. The maximum atomic E-state index is 11.0. The van der Waals surface area contributed by atoms with Crippen molar-refractivity contribution in [1.29, 1.82) is 0 Å². The number of hydrogen-bond donors (Lipinski definition) is 3. The molecule has 1 aromatic rings. The van der Waals surface area contributed by atoms with E-state index < -0.39 is 10.9 Å². The molecule has 1 fully saturated rings. The first kappa shape index (κ1) is 15.2. The molecule has 8 nitrogen and oxygen atoms in total. The topological polar surface area (TPSA) is 108 Å². The summed E-state index contributed by atoms with van der Waals surface area (Å²) in [6.07, 6.45) is 0. The molecule has 8 heteroatoms. The molecule has 21 heavy (non-hydrogen) atoms. The number of aromatic carboxylic acids is 1. The van der Waals surface area contributed by atoms with E-state index in [0.717, 1.165) is 38.8 Å².